The quantitative estimate of drug-likeness (QED) is 0.398. The van der Waals surface area contributed by atoms with Gasteiger partial charge in [0, 0.05) is 6.42 Å². The third-order valence-corrected chi connectivity index (χ3v) is 1.65. The van der Waals surface area contributed by atoms with Crippen molar-refractivity contribution < 1.29 is 4.42 Å². The predicted octanol–water partition coefficient (Wildman–Crippen LogP) is 0.980. The molecule has 0 fully saturated rings. The lowest BCUT2D eigenvalue weighted by Crippen LogP contribution is -2.26. The van der Waals surface area contributed by atoms with E-state index in [9.17, 15) is 0 Å². The Balaban J connectivity index is 2.81. The molecule has 0 saturated heterocycles. The number of nitrogens with one attached hydrogen (secondary N) is 1. The number of hydrogen-bond donors (Lipinski definition) is 2. The first kappa shape index (κ1) is 8.85. The highest BCUT2D eigenvalue weighted by Crippen LogP contribution is 2.15. The van der Waals surface area contributed by atoms with Crippen LogP contribution in [0.25, 0.3) is 0 Å². The SMILES string of the molecule is C#CC(NN)c1ccc(CC)o1. The third kappa shape index (κ3) is 1.67. The summed E-state index contributed by atoms with van der Waals surface area (Å²) >= 11 is 0. The molecule has 0 radical (unpaired) electrons. The molecule has 1 atom stereocenters. The largest absolute Gasteiger partial charge is 0.463 e. The molecular formula is C9H12N2O. The van der Waals surface area contributed by atoms with Gasteiger partial charge in [0.15, 0.2) is 0 Å². The first-order valence-corrected chi connectivity index (χ1v) is 3.82. The molecule has 3 nitrogen and oxygen atoms in total. The molecule has 0 aliphatic heterocycles. The summed E-state index contributed by atoms with van der Waals surface area (Å²) in [7, 11) is 0. The number of hydrazine groups is 1. The Hall–Kier alpha value is -1.24. The van der Waals surface area contributed by atoms with Gasteiger partial charge in [0.2, 0.25) is 0 Å². The number of terminal acetylenes is 1. The minimum atomic E-state index is -0.328. The molecule has 1 aromatic rings. The van der Waals surface area contributed by atoms with Crippen molar-refractivity contribution in [3.63, 3.8) is 0 Å². The van der Waals surface area contributed by atoms with Gasteiger partial charge in [-0.1, -0.05) is 12.8 Å². The zero-order chi connectivity index (χ0) is 8.97. The molecule has 3 heteroatoms. The van der Waals surface area contributed by atoms with E-state index in [4.69, 9.17) is 16.7 Å². The van der Waals surface area contributed by atoms with Gasteiger partial charge < -0.3 is 4.42 Å². The molecule has 3 N–H and O–H groups in total. The lowest BCUT2D eigenvalue weighted by Gasteiger charge is -2.03. The van der Waals surface area contributed by atoms with Crippen LogP contribution in [-0.2, 0) is 6.42 Å². The minimum absolute atomic E-state index is 0.328. The molecule has 64 valence electrons. The van der Waals surface area contributed by atoms with Crippen LogP contribution in [0.2, 0.25) is 0 Å². The number of aryl methyl sites for hydroxylation is 1. The molecule has 0 aliphatic carbocycles. The molecule has 0 saturated carbocycles. The molecule has 1 aromatic heterocycles. The molecule has 12 heavy (non-hydrogen) atoms. The van der Waals surface area contributed by atoms with E-state index in [-0.39, 0.29) is 6.04 Å². The van der Waals surface area contributed by atoms with Crippen molar-refractivity contribution in [2.75, 3.05) is 0 Å². The third-order valence-electron chi connectivity index (χ3n) is 1.65. The number of rotatable bonds is 3. The minimum Gasteiger partial charge on any atom is -0.463 e. The van der Waals surface area contributed by atoms with Gasteiger partial charge in [0.1, 0.15) is 17.6 Å². The Morgan fingerprint density at radius 3 is 2.92 bits per heavy atom. The first-order chi connectivity index (χ1) is 5.81. The van der Waals surface area contributed by atoms with Crippen LogP contribution in [0, 0.1) is 12.3 Å². The maximum absolute atomic E-state index is 5.39. The van der Waals surface area contributed by atoms with Crippen molar-refractivity contribution in [3.8, 4) is 12.3 Å². The van der Waals surface area contributed by atoms with E-state index in [2.05, 4.69) is 11.3 Å². The molecule has 1 rings (SSSR count). The summed E-state index contributed by atoms with van der Waals surface area (Å²) in [5.41, 5.74) is 2.48. The second kappa shape index (κ2) is 3.96. The number of hydrogen-bond acceptors (Lipinski definition) is 3. The molecule has 0 bridgehead atoms. The maximum Gasteiger partial charge on any atom is 0.139 e. The zero-order valence-electron chi connectivity index (χ0n) is 7.00. The molecule has 0 spiro atoms. The van der Waals surface area contributed by atoms with E-state index >= 15 is 0 Å². The highest BCUT2D eigenvalue weighted by molar-refractivity contribution is 5.18. The lowest BCUT2D eigenvalue weighted by atomic mass is 10.2. The Labute approximate surface area is 71.9 Å². The van der Waals surface area contributed by atoms with Crippen LogP contribution in [-0.4, -0.2) is 0 Å². The Morgan fingerprint density at radius 1 is 1.75 bits per heavy atom. The normalized spacial score (nSPS) is 12.4. The van der Waals surface area contributed by atoms with Crippen LogP contribution in [0.3, 0.4) is 0 Å². The van der Waals surface area contributed by atoms with E-state index in [0.29, 0.717) is 5.76 Å². The monoisotopic (exact) mass is 164 g/mol. The highest BCUT2D eigenvalue weighted by atomic mass is 16.3. The van der Waals surface area contributed by atoms with Crippen molar-refractivity contribution >= 4 is 0 Å². The predicted molar refractivity (Wildman–Crippen MR) is 47.0 cm³/mol. The van der Waals surface area contributed by atoms with Crippen LogP contribution >= 0.6 is 0 Å². The second-order valence-electron chi connectivity index (χ2n) is 2.42. The highest BCUT2D eigenvalue weighted by Gasteiger charge is 2.09. The zero-order valence-corrected chi connectivity index (χ0v) is 7.00. The summed E-state index contributed by atoms with van der Waals surface area (Å²) in [5, 5.41) is 0. The van der Waals surface area contributed by atoms with E-state index in [0.717, 1.165) is 12.2 Å². The second-order valence-corrected chi connectivity index (χ2v) is 2.42. The summed E-state index contributed by atoms with van der Waals surface area (Å²) < 4.78 is 5.39. The van der Waals surface area contributed by atoms with Crippen molar-refractivity contribution in [1.29, 1.82) is 0 Å². The molecule has 1 heterocycles. The summed E-state index contributed by atoms with van der Waals surface area (Å²) in [6.07, 6.45) is 6.08. The van der Waals surface area contributed by atoms with Gasteiger partial charge in [-0.05, 0) is 12.1 Å². The Kier molecular flexibility index (Phi) is 2.92. The summed E-state index contributed by atoms with van der Waals surface area (Å²) in [6.45, 7) is 2.02. The molecule has 1 unspecified atom stereocenters. The van der Waals surface area contributed by atoms with Crippen LogP contribution in [0.15, 0.2) is 16.5 Å². The van der Waals surface area contributed by atoms with Crippen molar-refractivity contribution in [3.05, 3.63) is 23.7 Å². The summed E-state index contributed by atoms with van der Waals surface area (Å²) in [4.78, 5) is 0. The van der Waals surface area contributed by atoms with E-state index < -0.39 is 0 Å². The van der Waals surface area contributed by atoms with Gasteiger partial charge in [-0.25, -0.2) is 5.43 Å². The van der Waals surface area contributed by atoms with Gasteiger partial charge in [-0.15, -0.1) is 6.42 Å². The van der Waals surface area contributed by atoms with Gasteiger partial charge in [0.05, 0.1) is 0 Å². The fourth-order valence-corrected chi connectivity index (χ4v) is 0.952. The first-order valence-electron chi connectivity index (χ1n) is 3.82. The lowest BCUT2D eigenvalue weighted by molar-refractivity contribution is 0.436. The van der Waals surface area contributed by atoms with Gasteiger partial charge in [0.25, 0.3) is 0 Å². The van der Waals surface area contributed by atoms with Crippen molar-refractivity contribution in [2.24, 2.45) is 5.84 Å². The molecule has 0 aliphatic rings. The number of furan rings is 1. The summed E-state index contributed by atoms with van der Waals surface area (Å²) in [5.74, 6) is 9.30. The van der Waals surface area contributed by atoms with E-state index in [1.807, 2.05) is 19.1 Å². The van der Waals surface area contributed by atoms with Crippen molar-refractivity contribution in [2.45, 2.75) is 19.4 Å². The van der Waals surface area contributed by atoms with Gasteiger partial charge >= 0.3 is 0 Å². The van der Waals surface area contributed by atoms with E-state index in [1.165, 1.54) is 0 Å². The average Bonchev–Trinajstić information content (AvgIpc) is 2.55. The maximum atomic E-state index is 5.39. The van der Waals surface area contributed by atoms with Crippen LogP contribution < -0.4 is 11.3 Å². The van der Waals surface area contributed by atoms with Gasteiger partial charge in [-0.3, -0.25) is 5.84 Å². The Morgan fingerprint density at radius 2 is 2.50 bits per heavy atom. The number of nitrogens with two attached hydrogens (primary N) is 1. The fourth-order valence-electron chi connectivity index (χ4n) is 0.952. The van der Waals surface area contributed by atoms with Crippen LogP contribution in [0.1, 0.15) is 24.5 Å². The Bertz CT molecular complexity index is 285. The molecule has 0 amide bonds. The summed E-state index contributed by atoms with van der Waals surface area (Å²) in [6, 6.07) is 3.41. The van der Waals surface area contributed by atoms with Crippen molar-refractivity contribution in [1.82, 2.24) is 5.43 Å². The smallest absolute Gasteiger partial charge is 0.139 e. The van der Waals surface area contributed by atoms with Crippen LogP contribution in [0.5, 0.6) is 0 Å². The standard InChI is InChI=1S/C9H12N2O/c1-3-7-5-6-9(12-7)8(4-2)11-10/h2,5-6,8,11H,3,10H2,1H3. The van der Waals surface area contributed by atoms with E-state index in [1.54, 1.807) is 0 Å². The fraction of sp³-hybridized carbons (Fsp3) is 0.333. The molecule has 0 aromatic carbocycles. The topological polar surface area (TPSA) is 51.2 Å². The molecular weight excluding hydrogens is 152 g/mol. The van der Waals surface area contributed by atoms with Gasteiger partial charge in [-0.2, -0.15) is 0 Å². The van der Waals surface area contributed by atoms with Crippen LogP contribution in [0.4, 0.5) is 0 Å². The average molecular weight is 164 g/mol.